The molecule has 0 saturated carbocycles. The third-order valence-corrected chi connectivity index (χ3v) is 3.48. The van der Waals surface area contributed by atoms with E-state index in [4.69, 9.17) is 15.1 Å². The highest BCUT2D eigenvalue weighted by Gasteiger charge is 2.12. The smallest absolute Gasteiger partial charge is 0.328 e. The maximum absolute atomic E-state index is 9.81. The number of rotatable bonds is 9. The lowest BCUT2D eigenvalue weighted by Crippen LogP contribution is -2.42. The van der Waals surface area contributed by atoms with Gasteiger partial charge in [-0.1, -0.05) is 36.3 Å². The number of nitrogens with one attached hydrogen (secondary N) is 1. The summed E-state index contributed by atoms with van der Waals surface area (Å²) in [4.78, 5) is 24.3. The van der Waals surface area contributed by atoms with Crippen molar-refractivity contribution in [1.82, 2.24) is 5.32 Å². The summed E-state index contributed by atoms with van der Waals surface area (Å²) in [7, 11) is 0. The number of aryl methyl sites for hydroxylation is 1. The Balaban J connectivity index is 0.000000828. The minimum absolute atomic E-state index is 0.0127. The molecule has 29 heavy (non-hydrogen) atoms. The van der Waals surface area contributed by atoms with Gasteiger partial charge in [0.1, 0.15) is 12.7 Å². The van der Waals surface area contributed by atoms with E-state index in [2.05, 4.69) is 50.3 Å². The second kappa shape index (κ2) is 13.5. The van der Waals surface area contributed by atoms with Crippen LogP contribution >= 0.6 is 0 Å². The fourth-order valence-corrected chi connectivity index (χ4v) is 1.88. The predicted molar refractivity (Wildman–Crippen MR) is 112 cm³/mol. The minimum atomic E-state index is -1.26. The van der Waals surface area contributed by atoms with E-state index in [1.165, 1.54) is 5.56 Å². The minimum Gasteiger partial charge on any atom is -0.478 e. The zero-order valence-corrected chi connectivity index (χ0v) is 17.7. The van der Waals surface area contributed by atoms with E-state index in [0.717, 1.165) is 17.7 Å². The summed E-state index contributed by atoms with van der Waals surface area (Å²) in [6.45, 7) is 10.9. The van der Waals surface area contributed by atoms with Crippen molar-refractivity contribution in [3.05, 3.63) is 47.5 Å². The van der Waals surface area contributed by atoms with E-state index in [1.807, 2.05) is 19.1 Å². The van der Waals surface area contributed by atoms with Crippen molar-refractivity contribution in [2.45, 2.75) is 52.7 Å². The molecule has 0 fully saturated rings. The number of aliphatic hydroxyl groups excluding tert-OH is 1. The van der Waals surface area contributed by atoms with Gasteiger partial charge in [0, 0.05) is 24.2 Å². The Hall–Kier alpha value is -2.71. The van der Waals surface area contributed by atoms with Crippen LogP contribution in [0.5, 0.6) is 0 Å². The van der Waals surface area contributed by atoms with Crippen LogP contribution < -0.4 is 5.32 Å². The Bertz CT molecular complexity index is 674. The predicted octanol–water partition coefficient (Wildman–Crippen LogP) is 2.45. The van der Waals surface area contributed by atoms with E-state index < -0.39 is 18.0 Å². The maximum atomic E-state index is 9.81. The molecular formula is C21H32N2O6. The normalized spacial score (nSPS) is 12.8. The van der Waals surface area contributed by atoms with Gasteiger partial charge in [-0.2, -0.15) is 0 Å². The number of aliphatic carboxylic acids is 2. The molecule has 0 spiro atoms. The summed E-state index contributed by atoms with van der Waals surface area (Å²) in [6.07, 6.45) is 1.58. The summed E-state index contributed by atoms with van der Waals surface area (Å²) in [6, 6.07) is 8.27. The zero-order chi connectivity index (χ0) is 22.4. The highest BCUT2D eigenvalue weighted by molar-refractivity contribution is 5.98. The molecule has 0 amide bonds. The van der Waals surface area contributed by atoms with Crippen molar-refractivity contribution in [3.8, 4) is 0 Å². The number of hydrogen-bond acceptors (Lipinski definition) is 6. The summed E-state index contributed by atoms with van der Waals surface area (Å²) in [5, 5.41) is 32.7. The largest absolute Gasteiger partial charge is 0.478 e. The van der Waals surface area contributed by atoms with Gasteiger partial charge in [0.2, 0.25) is 0 Å². The van der Waals surface area contributed by atoms with Crippen LogP contribution in [0.25, 0.3) is 0 Å². The number of oxime groups is 1. The van der Waals surface area contributed by atoms with Gasteiger partial charge in [0.05, 0.1) is 5.71 Å². The summed E-state index contributed by atoms with van der Waals surface area (Å²) >= 11 is 0. The van der Waals surface area contributed by atoms with Crippen molar-refractivity contribution in [3.63, 3.8) is 0 Å². The van der Waals surface area contributed by atoms with Gasteiger partial charge in [-0.15, -0.1) is 0 Å². The van der Waals surface area contributed by atoms with Gasteiger partial charge in [0.15, 0.2) is 0 Å². The molecule has 162 valence electrons. The molecule has 1 unspecified atom stereocenters. The van der Waals surface area contributed by atoms with E-state index in [9.17, 15) is 14.7 Å². The molecule has 4 N–H and O–H groups in total. The molecular weight excluding hydrogens is 376 g/mol. The monoisotopic (exact) mass is 408 g/mol. The number of carboxylic acids is 2. The Morgan fingerprint density at radius 1 is 1.14 bits per heavy atom. The number of hydrogen-bond donors (Lipinski definition) is 4. The van der Waals surface area contributed by atoms with Crippen LogP contribution in [0.4, 0.5) is 0 Å². The highest BCUT2D eigenvalue weighted by Crippen LogP contribution is 2.07. The molecule has 8 nitrogen and oxygen atoms in total. The fraction of sp³-hybridized carbons (Fsp3) is 0.476. The molecule has 0 heterocycles. The van der Waals surface area contributed by atoms with Gasteiger partial charge in [-0.25, -0.2) is 9.59 Å². The fourth-order valence-electron chi connectivity index (χ4n) is 1.88. The first kappa shape index (κ1) is 26.3. The molecule has 1 atom stereocenters. The van der Waals surface area contributed by atoms with Crippen LogP contribution in [0.1, 0.15) is 45.7 Å². The molecule has 0 aromatic heterocycles. The molecule has 1 rings (SSSR count). The van der Waals surface area contributed by atoms with Crippen LogP contribution in [-0.4, -0.2) is 57.8 Å². The molecule has 0 radical (unpaired) electrons. The third kappa shape index (κ3) is 15.0. The Labute approximate surface area is 171 Å². The van der Waals surface area contributed by atoms with Crippen molar-refractivity contribution < 1.29 is 29.7 Å². The number of nitrogens with zero attached hydrogens (tertiary/aromatic N) is 1. The van der Waals surface area contributed by atoms with E-state index in [-0.39, 0.29) is 12.1 Å². The topological polar surface area (TPSA) is 128 Å². The molecule has 0 aliphatic heterocycles. The van der Waals surface area contributed by atoms with Crippen LogP contribution in [0.3, 0.4) is 0 Å². The number of benzene rings is 1. The van der Waals surface area contributed by atoms with E-state index in [0.29, 0.717) is 18.7 Å². The van der Waals surface area contributed by atoms with Crippen LogP contribution in [-0.2, 0) is 20.8 Å². The SMILES string of the molecule is CCc1ccc(/C(C)=N/OCC(O)CNC(C)(C)C)cc1.O=C(O)/C=C\C(=O)O. The molecule has 0 aliphatic rings. The Morgan fingerprint density at radius 3 is 2.07 bits per heavy atom. The van der Waals surface area contributed by atoms with Crippen molar-refractivity contribution >= 4 is 17.7 Å². The molecule has 0 saturated heterocycles. The lowest BCUT2D eigenvalue weighted by atomic mass is 10.1. The van der Waals surface area contributed by atoms with Gasteiger partial charge in [0.25, 0.3) is 0 Å². The Morgan fingerprint density at radius 2 is 1.66 bits per heavy atom. The summed E-state index contributed by atoms with van der Waals surface area (Å²) in [5.74, 6) is -2.51. The zero-order valence-electron chi connectivity index (χ0n) is 17.7. The molecule has 1 aromatic rings. The van der Waals surface area contributed by atoms with Crippen LogP contribution in [0, 0.1) is 0 Å². The highest BCUT2D eigenvalue weighted by atomic mass is 16.6. The third-order valence-electron chi connectivity index (χ3n) is 3.48. The van der Waals surface area contributed by atoms with E-state index >= 15 is 0 Å². The first-order valence-electron chi connectivity index (χ1n) is 9.27. The van der Waals surface area contributed by atoms with E-state index in [1.54, 1.807) is 0 Å². The summed E-state index contributed by atoms with van der Waals surface area (Å²) in [5.41, 5.74) is 3.14. The first-order valence-corrected chi connectivity index (χ1v) is 9.27. The van der Waals surface area contributed by atoms with Crippen molar-refractivity contribution in [1.29, 1.82) is 0 Å². The van der Waals surface area contributed by atoms with Crippen molar-refractivity contribution in [2.75, 3.05) is 13.2 Å². The van der Waals surface area contributed by atoms with Gasteiger partial charge in [-0.05, 0) is 45.2 Å². The van der Waals surface area contributed by atoms with Crippen LogP contribution in [0.2, 0.25) is 0 Å². The first-order chi connectivity index (χ1) is 13.4. The molecule has 8 heteroatoms. The Kier molecular flexibility index (Phi) is 12.2. The molecule has 0 aliphatic carbocycles. The summed E-state index contributed by atoms with van der Waals surface area (Å²) < 4.78 is 0. The van der Waals surface area contributed by atoms with Gasteiger partial charge < -0.3 is 25.5 Å². The molecule has 1 aromatic carbocycles. The standard InChI is InChI=1S/C17H28N2O2.C4H4O4/c1-6-14-7-9-15(10-8-14)13(2)19-21-12-16(20)11-18-17(3,4)5;5-3(6)1-2-4(7)8/h7-10,16,18,20H,6,11-12H2,1-5H3;1-2H,(H,5,6)(H,7,8)/b19-13+;2-1-. The van der Waals surface area contributed by atoms with Gasteiger partial charge >= 0.3 is 11.9 Å². The quantitative estimate of drug-likeness (QED) is 0.281. The lowest BCUT2D eigenvalue weighted by Gasteiger charge is -2.22. The number of carbonyl (C=O) groups is 2. The van der Waals surface area contributed by atoms with Gasteiger partial charge in [-0.3, -0.25) is 0 Å². The molecule has 0 bridgehead atoms. The average Bonchev–Trinajstić information content (AvgIpc) is 2.64. The lowest BCUT2D eigenvalue weighted by molar-refractivity contribution is -0.134. The average molecular weight is 408 g/mol. The van der Waals surface area contributed by atoms with Crippen LogP contribution in [0.15, 0.2) is 41.6 Å². The maximum Gasteiger partial charge on any atom is 0.328 e. The second-order valence-corrected chi connectivity index (χ2v) is 7.32. The number of carboxylic acid groups (broad SMARTS) is 2. The van der Waals surface area contributed by atoms with Crippen molar-refractivity contribution in [2.24, 2.45) is 5.16 Å². The number of β-amino-alcohol motifs (C(OH)–C–C–N with tert-alkyl or cyclic N) is 1. The second-order valence-electron chi connectivity index (χ2n) is 7.32. The number of aliphatic hydroxyl groups is 1.